The minimum absolute atomic E-state index is 0.0851. The summed E-state index contributed by atoms with van der Waals surface area (Å²) < 4.78 is 23.2. The van der Waals surface area contributed by atoms with Crippen LogP contribution < -0.4 is 0 Å². The van der Waals surface area contributed by atoms with Crippen molar-refractivity contribution < 1.29 is 38.1 Å². The molecular formula is C24H30O8. The maximum absolute atomic E-state index is 13.6. The smallest absolute Gasteiger partial charge is 0.320 e. The van der Waals surface area contributed by atoms with Gasteiger partial charge in [-0.2, -0.15) is 0 Å². The molecule has 0 radical (unpaired) electrons. The Labute approximate surface area is 187 Å². The van der Waals surface area contributed by atoms with Crippen LogP contribution in [0.3, 0.4) is 0 Å². The Morgan fingerprint density at radius 2 is 1.78 bits per heavy atom. The van der Waals surface area contributed by atoms with Gasteiger partial charge in [-0.3, -0.25) is 19.2 Å². The Kier molecular flexibility index (Phi) is 4.65. The van der Waals surface area contributed by atoms with Gasteiger partial charge >= 0.3 is 17.9 Å². The van der Waals surface area contributed by atoms with Crippen LogP contribution in [-0.4, -0.2) is 49.3 Å². The summed E-state index contributed by atoms with van der Waals surface area (Å²) in [7, 11) is 0. The molecule has 5 fully saturated rings. The van der Waals surface area contributed by atoms with Gasteiger partial charge in [-0.25, -0.2) is 0 Å². The molecule has 0 aromatic rings. The summed E-state index contributed by atoms with van der Waals surface area (Å²) in [6.45, 7) is 9.27. The molecule has 174 valence electrons. The molecule has 8 heteroatoms. The van der Waals surface area contributed by atoms with E-state index in [1.165, 1.54) is 13.8 Å². The van der Waals surface area contributed by atoms with E-state index in [1.807, 2.05) is 0 Å². The van der Waals surface area contributed by atoms with E-state index in [4.69, 9.17) is 18.9 Å². The molecule has 2 aliphatic heterocycles. The Hall–Kier alpha value is -2.22. The molecule has 3 aliphatic carbocycles. The van der Waals surface area contributed by atoms with Crippen molar-refractivity contribution in [3.63, 3.8) is 0 Å². The quantitative estimate of drug-likeness (QED) is 0.275. The highest BCUT2D eigenvalue weighted by Gasteiger charge is 2.77. The van der Waals surface area contributed by atoms with Crippen LogP contribution in [0.5, 0.6) is 0 Å². The van der Waals surface area contributed by atoms with E-state index in [0.29, 0.717) is 31.4 Å². The number of ether oxygens (including phenoxy) is 4. The van der Waals surface area contributed by atoms with Crippen molar-refractivity contribution in [2.45, 2.75) is 65.3 Å². The second-order valence-corrected chi connectivity index (χ2v) is 10.7. The Bertz CT molecular complexity index is 925. The van der Waals surface area contributed by atoms with Gasteiger partial charge < -0.3 is 18.9 Å². The van der Waals surface area contributed by atoms with Gasteiger partial charge in [-0.15, -0.1) is 0 Å². The topological polar surface area (TPSA) is 105 Å². The summed E-state index contributed by atoms with van der Waals surface area (Å²) in [6, 6.07) is 0. The molecule has 2 saturated heterocycles. The van der Waals surface area contributed by atoms with Crippen LogP contribution in [0, 0.1) is 34.0 Å². The largest absolute Gasteiger partial charge is 0.464 e. The first-order valence-electron chi connectivity index (χ1n) is 11.4. The first-order chi connectivity index (χ1) is 15.0. The van der Waals surface area contributed by atoms with Crippen molar-refractivity contribution in [2.75, 3.05) is 13.2 Å². The third-order valence-electron chi connectivity index (χ3n) is 8.84. The van der Waals surface area contributed by atoms with Gasteiger partial charge in [0.25, 0.3) is 0 Å². The molecule has 0 aromatic heterocycles. The first-order valence-corrected chi connectivity index (χ1v) is 11.4. The molecule has 0 amide bonds. The summed E-state index contributed by atoms with van der Waals surface area (Å²) >= 11 is 0. The van der Waals surface area contributed by atoms with E-state index in [9.17, 15) is 19.2 Å². The van der Waals surface area contributed by atoms with Gasteiger partial charge in [0.05, 0.1) is 13.2 Å². The zero-order valence-corrected chi connectivity index (χ0v) is 18.8. The number of ketones is 1. The van der Waals surface area contributed by atoms with Gasteiger partial charge in [0.2, 0.25) is 6.29 Å². The van der Waals surface area contributed by atoms with Crippen molar-refractivity contribution in [3.8, 4) is 0 Å². The molecule has 2 bridgehead atoms. The van der Waals surface area contributed by atoms with Gasteiger partial charge in [-0.05, 0) is 37.2 Å². The lowest BCUT2D eigenvalue weighted by Crippen LogP contribution is -2.68. The molecule has 8 nitrogen and oxygen atoms in total. The van der Waals surface area contributed by atoms with Crippen molar-refractivity contribution >= 4 is 23.7 Å². The minimum atomic E-state index is -1.42. The van der Waals surface area contributed by atoms with Crippen LogP contribution in [0.1, 0.15) is 52.9 Å². The number of fused-ring (bicyclic) bond motifs is 4. The summed E-state index contributed by atoms with van der Waals surface area (Å²) in [6.07, 6.45) is 1.73. The fourth-order valence-corrected chi connectivity index (χ4v) is 7.95. The van der Waals surface area contributed by atoms with Crippen molar-refractivity contribution in [3.05, 3.63) is 12.2 Å². The Balaban J connectivity index is 1.69. The number of allylic oxidation sites excluding steroid dienone is 1. The molecule has 2 spiro atoms. The number of esters is 3. The Morgan fingerprint density at radius 3 is 2.47 bits per heavy atom. The molecule has 0 aromatic carbocycles. The second kappa shape index (κ2) is 6.89. The van der Waals surface area contributed by atoms with Crippen molar-refractivity contribution in [1.29, 1.82) is 0 Å². The number of carbonyl (C=O) groups is 4. The third-order valence-corrected chi connectivity index (χ3v) is 8.84. The fraction of sp³-hybridized carbons (Fsp3) is 0.750. The average molecular weight is 446 g/mol. The van der Waals surface area contributed by atoms with Crippen molar-refractivity contribution in [2.24, 2.45) is 34.0 Å². The van der Waals surface area contributed by atoms with Gasteiger partial charge in [0, 0.05) is 36.5 Å². The highest BCUT2D eigenvalue weighted by Crippen LogP contribution is 2.70. The summed E-state index contributed by atoms with van der Waals surface area (Å²) in [5.74, 6) is -2.82. The van der Waals surface area contributed by atoms with Crippen LogP contribution in [0.2, 0.25) is 0 Å². The Morgan fingerprint density at radius 1 is 1.06 bits per heavy atom. The SMILES string of the molecule is C=C1C(=O)[C@]23C[C@H]1C[C@@H](OC(C)=O)[C@H]2[C@@]1(CCC[C@@]2(C)CO[C@H](OC(C)=O)[C@H]21)COC3=O. The normalized spacial score (nSPS) is 47.0. The lowest BCUT2D eigenvalue weighted by Gasteiger charge is -2.61. The van der Waals surface area contributed by atoms with Gasteiger partial charge in [-0.1, -0.05) is 19.9 Å². The average Bonchev–Trinajstić information content (AvgIpc) is 3.14. The zero-order chi connectivity index (χ0) is 23.1. The monoisotopic (exact) mass is 446 g/mol. The molecule has 0 unspecified atom stereocenters. The fourth-order valence-electron chi connectivity index (χ4n) is 7.95. The van der Waals surface area contributed by atoms with E-state index < -0.39 is 47.0 Å². The number of hydrogen-bond acceptors (Lipinski definition) is 8. The molecule has 0 N–H and O–H groups in total. The third kappa shape index (κ3) is 2.65. The van der Waals surface area contributed by atoms with Gasteiger partial charge in [0.1, 0.15) is 11.5 Å². The van der Waals surface area contributed by atoms with E-state index in [0.717, 1.165) is 12.8 Å². The van der Waals surface area contributed by atoms with E-state index >= 15 is 0 Å². The molecule has 2 heterocycles. The summed E-state index contributed by atoms with van der Waals surface area (Å²) in [5, 5.41) is 0. The predicted molar refractivity (Wildman–Crippen MR) is 109 cm³/mol. The molecule has 5 rings (SSSR count). The molecule has 3 saturated carbocycles. The number of carbonyl (C=O) groups excluding carboxylic acids is 4. The maximum Gasteiger partial charge on any atom is 0.320 e. The lowest BCUT2D eigenvalue weighted by atomic mass is 9.44. The minimum Gasteiger partial charge on any atom is -0.464 e. The lowest BCUT2D eigenvalue weighted by molar-refractivity contribution is -0.248. The number of cyclic esters (lactones) is 1. The summed E-state index contributed by atoms with van der Waals surface area (Å²) in [4.78, 5) is 50.9. The number of hydrogen-bond donors (Lipinski definition) is 0. The van der Waals surface area contributed by atoms with Gasteiger partial charge in [0.15, 0.2) is 5.78 Å². The van der Waals surface area contributed by atoms with E-state index in [1.54, 1.807) is 0 Å². The summed E-state index contributed by atoms with van der Waals surface area (Å²) in [5.41, 5.74) is -2.04. The number of rotatable bonds is 2. The highest BCUT2D eigenvalue weighted by atomic mass is 16.7. The predicted octanol–water partition coefficient (Wildman–Crippen LogP) is 2.34. The van der Waals surface area contributed by atoms with Crippen molar-refractivity contribution in [1.82, 2.24) is 0 Å². The number of Topliss-reactive ketones (excluding diaryl/α,β-unsaturated/α-hetero) is 1. The first kappa shape index (κ1) is 21.6. The van der Waals surface area contributed by atoms with Crippen LogP contribution in [-0.2, 0) is 38.1 Å². The van der Waals surface area contributed by atoms with E-state index in [2.05, 4.69) is 13.5 Å². The standard InChI is InChI=1S/C24H30O8/c1-12-15-8-16(31-13(2)25)17-23(11-30-21(28)24(17,9-15)19(12)27)7-5-6-22(4)10-29-20(18(22)23)32-14(3)26/h15-18,20H,1,5-11H2,2-4H3/t15-,16-,17+,18-,20-,22+,23-,24+/m1/s1. The van der Waals surface area contributed by atoms with Crippen LogP contribution in [0.25, 0.3) is 0 Å². The maximum atomic E-state index is 13.6. The highest BCUT2D eigenvalue weighted by molar-refractivity contribution is 6.15. The van der Waals surface area contributed by atoms with Crippen LogP contribution in [0.15, 0.2) is 12.2 Å². The van der Waals surface area contributed by atoms with Crippen LogP contribution in [0.4, 0.5) is 0 Å². The van der Waals surface area contributed by atoms with E-state index in [-0.39, 0.29) is 29.6 Å². The zero-order valence-electron chi connectivity index (χ0n) is 18.8. The molecule has 8 atom stereocenters. The molecule has 5 aliphatic rings. The van der Waals surface area contributed by atoms with Crippen LogP contribution >= 0.6 is 0 Å². The molecule has 32 heavy (non-hydrogen) atoms. The molecular weight excluding hydrogens is 416 g/mol. The second-order valence-electron chi connectivity index (χ2n) is 10.7.